The van der Waals surface area contributed by atoms with Crippen LogP contribution in [-0.4, -0.2) is 27.6 Å². The predicted octanol–water partition coefficient (Wildman–Crippen LogP) is 4.96. The van der Waals surface area contributed by atoms with Gasteiger partial charge in [-0.2, -0.15) is 0 Å². The topological polar surface area (TPSA) is 52.6 Å². The number of aliphatic hydroxyl groups is 1. The molecule has 0 unspecified atom stereocenters. The van der Waals surface area contributed by atoms with Gasteiger partial charge in [-0.1, -0.05) is 72.8 Å². The minimum atomic E-state index is -1.40. The van der Waals surface area contributed by atoms with E-state index in [1.165, 1.54) is 36.1 Å². The number of nitrogens with zero attached hydrogens (tertiary/aromatic N) is 1. The molecule has 2 N–H and O–H groups in total. The van der Waals surface area contributed by atoms with E-state index in [0.29, 0.717) is 6.04 Å². The number of nitrogens with one attached hydrogen (secondary N) is 1. The number of carbonyl (C=O) groups is 1. The molecule has 1 amide bonds. The smallest absolute Gasteiger partial charge is 0.255 e. The maximum atomic E-state index is 12.3. The molecule has 4 heteroatoms. The van der Waals surface area contributed by atoms with E-state index in [2.05, 4.69) is 76.9 Å². The molecule has 0 aliphatic heterocycles. The highest BCUT2D eigenvalue weighted by Crippen LogP contribution is 2.32. The van der Waals surface area contributed by atoms with Gasteiger partial charge in [-0.3, -0.25) is 9.69 Å². The lowest BCUT2D eigenvalue weighted by molar-refractivity contribution is -0.130. The molecule has 4 rings (SSSR count). The second-order valence-electron chi connectivity index (χ2n) is 9.23. The fourth-order valence-electron chi connectivity index (χ4n) is 4.44. The summed E-state index contributed by atoms with van der Waals surface area (Å²) in [7, 11) is 0. The van der Waals surface area contributed by atoms with E-state index in [1.807, 2.05) is 12.1 Å². The van der Waals surface area contributed by atoms with Gasteiger partial charge in [0.05, 0.1) is 0 Å². The summed E-state index contributed by atoms with van der Waals surface area (Å²) in [5.41, 5.74) is 4.54. The van der Waals surface area contributed by atoms with Gasteiger partial charge in [0.25, 0.3) is 5.91 Å². The Hall–Kier alpha value is -2.95. The summed E-state index contributed by atoms with van der Waals surface area (Å²) in [5, 5.41) is 13.0. The van der Waals surface area contributed by atoms with E-state index in [1.54, 1.807) is 0 Å². The maximum Gasteiger partial charge on any atom is 0.255 e. The molecular weight excluding hydrogens is 396 g/mol. The quantitative estimate of drug-likeness (QED) is 0.559. The van der Waals surface area contributed by atoms with Crippen LogP contribution in [-0.2, 0) is 30.7 Å². The lowest BCUT2D eigenvalue weighted by Gasteiger charge is -2.36. The molecule has 1 aliphatic rings. The Morgan fingerprint density at radius 1 is 0.938 bits per heavy atom. The van der Waals surface area contributed by atoms with E-state index in [-0.39, 0.29) is 5.91 Å². The Balaban J connectivity index is 1.56. The number of hydrogen-bond acceptors (Lipinski definition) is 3. The van der Waals surface area contributed by atoms with Crippen molar-refractivity contribution < 1.29 is 9.90 Å². The molecule has 0 heterocycles. The Kier molecular flexibility index (Phi) is 6.73. The van der Waals surface area contributed by atoms with Crippen molar-refractivity contribution in [2.75, 3.05) is 5.32 Å². The lowest BCUT2D eigenvalue weighted by atomic mass is 9.86. The standard InChI is InChI=1S/C28H32N2O2/c1-28(2,32)27(31)29-26-15-9-14-23-18-24(16-17-25(23)26)30(19-21-10-5-3-6-11-21)20-22-12-7-4-8-13-22/h3-15,24,32H,16-20H2,1-2H3,(H,29,31)/t24-/m1/s1. The van der Waals surface area contributed by atoms with Crippen LogP contribution in [0.2, 0.25) is 0 Å². The third-order valence-corrected chi connectivity index (χ3v) is 6.23. The number of amides is 1. The molecule has 0 fully saturated rings. The third kappa shape index (κ3) is 5.45. The fourth-order valence-corrected chi connectivity index (χ4v) is 4.44. The minimum absolute atomic E-state index is 0.372. The van der Waals surface area contributed by atoms with E-state index >= 15 is 0 Å². The summed E-state index contributed by atoms with van der Waals surface area (Å²) >= 11 is 0. The van der Waals surface area contributed by atoms with Crippen LogP contribution >= 0.6 is 0 Å². The highest BCUT2D eigenvalue weighted by molar-refractivity contribution is 5.97. The highest BCUT2D eigenvalue weighted by Gasteiger charge is 2.28. The lowest BCUT2D eigenvalue weighted by Crippen LogP contribution is -2.39. The van der Waals surface area contributed by atoms with Crippen molar-refractivity contribution in [3.05, 3.63) is 101 Å². The maximum absolute atomic E-state index is 12.3. The van der Waals surface area contributed by atoms with Crippen LogP contribution in [0.3, 0.4) is 0 Å². The largest absolute Gasteiger partial charge is 0.381 e. The van der Waals surface area contributed by atoms with Gasteiger partial charge in [-0.25, -0.2) is 0 Å². The second-order valence-corrected chi connectivity index (χ2v) is 9.23. The highest BCUT2D eigenvalue weighted by atomic mass is 16.3. The van der Waals surface area contributed by atoms with E-state index in [9.17, 15) is 9.90 Å². The van der Waals surface area contributed by atoms with Crippen LogP contribution in [0.1, 0.15) is 42.5 Å². The van der Waals surface area contributed by atoms with Gasteiger partial charge in [-0.15, -0.1) is 0 Å². The van der Waals surface area contributed by atoms with Gasteiger partial charge in [-0.05, 0) is 61.4 Å². The SMILES string of the molecule is CC(C)(O)C(=O)Nc1cccc2c1CC[C@@H](N(Cc1ccccc1)Cc1ccccc1)C2. The van der Waals surface area contributed by atoms with Crippen LogP contribution in [0.25, 0.3) is 0 Å². The van der Waals surface area contributed by atoms with Gasteiger partial charge in [0.1, 0.15) is 5.60 Å². The zero-order valence-electron chi connectivity index (χ0n) is 18.9. The summed E-state index contributed by atoms with van der Waals surface area (Å²) < 4.78 is 0. The Bertz CT molecular complexity index is 1000. The average Bonchev–Trinajstić information content (AvgIpc) is 2.79. The van der Waals surface area contributed by atoms with Crippen molar-refractivity contribution in [3.8, 4) is 0 Å². The van der Waals surface area contributed by atoms with E-state index < -0.39 is 5.60 Å². The first-order valence-electron chi connectivity index (χ1n) is 11.4. The summed E-state index contributed by atoms with van der Waals surface area (Å²) in [6.45, 7) is 4.84. The van der Waals surface area contributed by atoms with E-state index in [0.717, 1.165) is 38.0 Å². The van der Waals surface area contributed by atoms with Crippen LogP contribution in [0.4, 0.5) is 5.69 Å². The average molecular weight is 429 g/mol. The molecule has 3 aromatic rings. The molecule has 0 saturated carbocycles. The van der Waals surface area contributed by atoms with Gasteiger partial charge < -0.3 is 10.4 Å². The minimum Gasteiger partial charge on any atom is -0.381 e. The first kappa shape index (κ1) is 22.3. The zero-order chi connectivity index (χ0) is 22.6. The van der Waals surface area contributed by atoms with Gasteiger partial charge in [0, 0.05) is 24.8 Å². The molecule has 0 spiro atoms. The predicted molar refractivity (Wildman–Crippen MR) is 129 cm³/mol. The number of hydrogen-bond donors (Lipinski definition) is 2. The molecule has 0 radical (unpaired) electrons. The van der Waals surface area contributed by atoms with Crippen molar-refractivity contribution in [2.45, 2.75) is 57.8 Å². The molecular formula is C28H32N2O2. The van der Waals surface area contributed by atoms with Gasteiger partial charge >= 0.3 is 0 Å². The number of carbonyl (C=O) groups excluding carboxylic acids is 1. The summed E-state index contributed by atoms with van der Waals surface area (Å²) in [5.74, 6) is -0.372. The van der Waals surface area contributed by atoms with E-state index in [4.69, 9.17) is 0 Å². The second kappa shape index (κ2) is 9.68. The van der Waals surface area contributed by atoms with Gasteiger partial charge in [0.15, 0.2) is 0 Å². The zero-order valence-corrected chi connectivity index (χ0v) is 18.9. The monoisotopic (exact) mass is 428 g/mol. The van der Waals surface area contributed by atoms with Crippen molar-refractivity contribution in [1.82, 2.24) is 4.90 Å². The first-order chi connectivity index (χ1) is 15.4. The van der Waals surface area contributed by atoms with Crippen molar-refractivity contribution in [1.29, 1.82) is 0 Å². The summed E-state index contributed by atoms with van der Waals surface area (Å²) in [6.07, 6.45) is 2.88. The third-order valence-electron chi connectivity index (χ3n) is 6.23. The molecule has 32 heavy (non-hydrogen) atoms. The molecule has 4 nitrogen and oxygen atoms in total. The van der Waals surface area contributed by atoms with Crippen molar-refractivity contribution in [3.63, 3.8) is 0 Å². The summed E-state index contributed by atoms with van der Waals surface area (Å²) in [4.78, 5) is 14.9. The number of fused-ring (bicyclic) bond motifs is 1. The molecule has 0 aromatic heterocycles. The Morgan fingerprint density at radius 2 is 1.53 bits per heavy atom. The molecule has 0 bridgehead atoms. The molecule has 1 aliphatic carbocycles. The van der Waals surface area contributed by atoms with Crippen LogP contribution < -0.4 is 5.32 Å². The summed E-state index contributed by atoms with van der Waals surface area (Å²) in [6, 6.07) is 27.8. The Morgan fingerprint density at radius 3 is 2.09 bits per heavy atom. The normalized spacial score (nSPS) is 15.9. The van der Waals surface area contributed by atoms with Crippen LogP contribution in [0.15, 0.2) is 78.9 Å². The fraction of sp³-hybridized carbons (Fsp3) is 0.321. The van der Waals surface area contributed by atoms with Crippen LogP contribution in [0.5, 0.6) is 0 Å². The molecule has 166 valence electrons. The van der Waals surface area contributed by atoms with Crippen molar-refractivity contribution in [2.24, 2.45) is 0 Å². The number of rotatable bonds is 7. The molecule has 3 aromatic carbocycles. The number of anilines is 1. The molecule has 0 saturated heterocycles. The Labute approximate surface area is 190 Å². The van der Waals surface area contributed by atoms with Crippen LogP contribution in [0, 0.1) is 0 Å². The van der Waals surface area contributed by atoms with Gasteiger partial charge in [0.2, 0.25) is 0 Å². The first-order valence-corrected chi connectivity index (χ1v) is 11.4. The molecule has 1 atom stereocenters. The van der Waals surface area contributed by atoms with Crippen molar-refractivity contribution >= 4 is 11.6 Å². The number of benzene rings is 3.